The Morgan fingerprint density at radius 1 is 1.45 bits per heavy atom. The summed E-state index contributed by atoms with van der Waals surface area (Å²) in [5.74, 6) is -1.15. The molecular weight excluding hydrogens is 306 g/mol. The number of halogens is 1. The number of aryl methyl sites for hydroxylation is 1. The first-order chi connectivity index (χ1) is 9.31. The second-order valence-corrected chi connectivity index (χ2v) is 5.92. The second kappa shape index (κ2) is 5.14. The smallest absolute Gasteiger partial charge is 0.335 e. The van der Waals surface area contributed by atoms with Gasteiger partial charge in [0.2, 0.25) is 0 Å². The molecule has 2 rings (SSSR count). The van der Waals surface area contributed by atoms with Crippen molar-refractivity contribution in [3.8, 4) is 0 Å². The molecule has 0 fully saturated rings. The van der Waals surface area contributed by atoms with E-state index in [0.29, 0.717) is 0 Å². The molecule has 9 heteroatoms. The lowest BCUT2D eigenvalue weighted by molar-refractivity contribution is 0.0697. The zero-order chi connectivity index (χ0) is 14.9. The number of anilines is 1. The average Bonchev–Trinajstić information content (AvgIpc) is 2.69. The summed E-state index contributed by atoms with van der Waals surface area (Å²) in [7, 11) is -2.51. The molecule has 0 spiro atoms. The molecule has 1 heterocycles. The number of nitrogens with zero attached hydrogens (tertiary/aromatic N) is 2. The number of hydrogen-bond acceptors (Lipinski definition) is 4. The summed E-state index contributed by atoms with van der Waals surface area (Å²) in [4.78, 5) is 10.8. The molecule has 0 aliphatic rings. The standard InChI is InChI=1S/C11H10ClN3O4S/c1-15-10(9(12)6-13-15)20(18,19)14-8-4-2-3-7(5-8)11(16)17/h2-6,14H,1H3,(H,16,17). The van der Waals surface area contributed by atoms with E-state index >= 15 is 0 Å². The van der Waals surface area contributed by atoms with Crippen molar-refractivity contribution in [2.45, 2.75) is 5.03 Å². The Hall–Kier alpha value is -2.06. The zero-order valence-corrected chi connectivity index (χ0v) is 11.8. The fraction of sp³-hybridized carbons (Fsp3) is 0.0909. The number of aromatic nitrogens is 2. The van der Waals surface area contributed by atoms with Crippen molar-refractivity contribution in [2.75, 3.05) is 4.72 Å². The van der Waals surface area contributed by atoms with Crippen molar-refractivity contribution < 1.29 is 18.3 Å². The van der Waals surface area contributed by atoms with Gasteiger partial charge in [-0.1, -0.05) is 17.7 Å². The van der Waals surface area contributed by atoms with Crippen LogP contribution in [0.15, 0.2) is 35.5 Å². The SMILES string of the molecule is Cn1ncc(Cl)c1S(=O)(=O)Nc1cccc(C(=O)O)c1. The van der Waals surface area contributed by atoms with Crippen molar-refractivity contribution in [1.82, 2.24) is 9.78 Å². The molecule has 2 aromatic rings. The lowest BCUT2D eigenvalue weighted by Gasteiger charge is -2.09. The Labute approximate surface area is 119 Å². The van der Waals surface area contributed by atoms with Gasteiger partial charge in [-0.15, -0.1) is 0 Å². The molecule has 0 aliphatic carbocycles. The Morgan fingerprint density at radius 3 is 2.70 bits per heavy atom. The summed E-state index contributed by atoms with van der Waals surface area (Å²) in [6.45, 7) is 0. The number of hydrogen-bond donors (Lipinski definition) is 2. The molecule has 0 unspecified atom stereocenters. The van der Waals surface area contributed by atoms with Crippen LogP contribution < -0.4 is 4.72 Å². The van der Waals surface area contributed by atoms with Crippen molar-refractivity contribution in [3.05, 3.63) is 41.0 Å². The number of carboxylic acids is 1. The minimum Gasteiger partial charge on any atom is -0.478 e. The topological polar surface area (TPSA) is 101 Å². The number of aromatic carboxylic acids is 1. The summed E-state index contributed by atoms with van der Waals surface area (Å²) < 4.78 is 27.7. The van der Waals surface area contributed by atoms with E-state index < -0.39 is 16.0 Å². The first-order valence-corrected chi connectivity index (χ1v) is 7.21. The average molecular weight is 316 g/mol. The van der Waals surface area contributed by atoms with Gasteiger partial charge in [-0.3, -0.25) is 9.40 Å². The molecule has 7 nitrogen and oxygen atoms in total. The van der Waals surface area contributed by atoms with Crippen LogP contribution in [0.1, 0.15) is 10.4 Å². The van der Waals surface area contributed by atoms with Crippen molar-refractivity contribution >= 4 is 33.3 Å². The van der Waals surface area contributed by atoms with Crippen LogP contribution in [0.3, 0.4) is 0 Å². The fourth-order valence-corrected chi connectivity index (χ4v) is 3.33. The van der Waals surface area contributed by atoms with E-state index in [-0.39, 0.29) is 21.3 Å². The van der Waals surface area contributed by atoms with Crippen LogP contribution in [-0.4, -0.2) is 29.3 Å². The van der Waals surface area contributed by atoms with Crippen LogP contribution >= 0.6 is 11.6 Å². The molecule has 0 aliphatic heterocycles. The lowest BCUT2D eigenvalue weighted by Crippen LogP contribution is -2.17. The highest BCUT2D eigenvalue weighted by molar-refractivity contribution is 7.92. The Morgan fingerprint density at radius 2 is 2.15 bits per heavy atom. The molecule has 0 radical (unpaired) electrons. The van der Waals surface area contributed by atoms with Crippen molar-refractivity contribution in [1.29, 1.82) is 0 Å². The largest absolute Gasteiger partial charge is 0.478 e. The molecule has 2 N–H and O–H groups in total. The third-order valence-corrected chi connectivity index (χ3v) is 4.35. The van der Waals surface area contributed by atoms with Crippen LogP contribution in [0, 0.1) is 0 Å². The number of sulfonamides is 1. The highest BCUT2D eigenvalue weighted by atomic mass is 35.5. The summed E-state index contributed by atoms with van der Waals surface area (Å²) in [5, 5.41) is 12.4. The summed E-state index contributed by atoms with van der Waals surface area (Å²) in [6, 6.07) is 5.45. The van der Waals surface area contributed by atoms with E-state index in [9.17, 15) is 13.2 Å². The predicted octanol–water partition coefficient (Wildman–Crippen LogP) is 1.57. The van der Waals surface area contributed by atoms with E-state index in [4.69, 9.17) is 16.7 Å². The van der Waals surface area contributed by atoms with Crippen LogP contribution in [0.5, 0.6) is 0 Å². The van der Waals surface area contributed by atoms with E-state index in [2.05, 4.69) is 9.82 Å². The van der Waals surface area contributed by atoms with E-state index in [1.165, 1.54) is 37.5 Å². The zero-order valence-electron chi connectivity index (χ0n) is 10.2. The van der Waals surface area contributed by atoms with Gasteiger partial charge in [0.25, 0.3) is 10.0 Å². The van der Waals surface area contributed by atoms with Gasteiger partial charge in [0.15, 0.2) is 5.03 Å². The molecule has 0 saturated carbocycles. The number of benzene rings is 1. The summed E-state index contributed by atoms with van der Waals surface area (Å²) >= 11 is 5.78. The van der Waals surface area contributed by atoms with Gasteiger partial charge >= 0.3 is 5.97 Å². The molecule has 1 aromatic heterocycles. The lowest BCUT2D eigenvalue weighted by atomic mass is 10.2. The van der Waals surface area contributed by atoms with Crippen LogP contribution in [0.25, 0.3) is 0 Å². The monoisotopic (exact) mass is 315 g/mol. The Kier molecular flexibility index (Phi) is 3.69. The molecule has 106 valence electrons. The van der Waals surface area contributed by atoms with E-state index in [0.717, 1.165) is 4.68 Å². The Bertz CT molecular complexity index is 750. The maximum Gasteiger partial charge on any atom is 0.335 e. The first-order valence-electron chi connectivity index (χ1n) is 5.35. The molecule has 1 aromatic carbocycles. The molecule has 0 bridgehead atoms. The normalized spacial score (nSPS) is 11.3. The van der Waals surface area contributed by atoms with Crippen molar-refractivity contribution in [3.63, 3.8) is 0 Å². The summed E-state index contributed by atoms with van der Waals surface area (Å²) in [5.41, 5.74) is 0.100. The van der Waals surface area contributed by atoms with Gasteiger partial charge < -0.3 is 5.11 Å². The van der Waals surface area contributed by atoms with Gasteiger partial charge in [-0.05, 0) is 18.2 Å². The predicted molar refractivity (Wildman–Crippen MR) is 72.4 cm³/mol. The maximum atomic E-state index is 12.2. The number of carboxylic acid groups (broad SMARTS) is 1. The van der Waals surface area contributed by atoms with E-state index in [1.54, 1.807) is 0 Å². The maximum absolute atomic E-state index is 12.2. The fourth-order valence-electron chi connectivity index (χ4n) is 1.62. The molecule has 0 atom stereocenters. The number of nitrogens with one attached hydrogen (secondary N) is 1. The highest BCUT2D eigenvalue weighted by Crippen LogP contribution is 2.23. The minimum atomic E-state index is -3.95. The quantitative estimate of drug-likeness (QED) is 0.891. The van der Waals surface area contributed by atoms with E-state index in [1.807, 2.05) is 0 Å². The van der Waals surface area contributed by atoms with Crippen molar-refractivity contribution in [2.24, 2.45) is 7.05 Å². The minimum absolute atomic E-state index is 0.0191. The van der Waals surface area contributed by atoms with Gasteiger partial charge in [0.1, 0.15) is 0 Å². The van der Waals surface area contributed by atoms with Gasteiger partial charge in [-0.2, -0.15) is 13.5 Å². The second-order valence-electron chi connectivity index (χ2n) is 3.91. The Balaban J connectivity index is 2.39. The first kappa shape index (κ1) is 14.4. The molecule has 20 heavy (non-hydrogen) atoms. The summed E-state index contributed by atoms with van der Waals surface area (Å²) in [6.07, 6.45) is 1.21. The molecular formula is C11H10ClN3O4S. The van der Waals surface area contributed by atoms with Gasteiger partial charge in [0, 0.05) is 12.7 Å². The molecule has 0 amide bonds. The highest BCUT2D eigenvalue weighted by Gasteiger charge is 2.23. The van der Waals surface area contributed by atoms with Gasteiger partial charge in [-0.25, -0.2) is 4.79 Å². The third-order valence-electron chi connectivity index (χ3n) is 2.46. The number of carbonyl (C=O) groups is 1. The third kappa shape index (κ3) is 2.75. The van der Waals surface area contributed by atoms with Crippen LogP contribution in [-0.2, 0) is 17.1 Å². The van der Waals surface area contributed by atoms with Crippen LogP contribution in [0.4, 0.5) is 5.69 Å². The van der Waals surface area contributed by atoms with Gasteiger partial charge in [0.05, 0.1) is 16.8 Å². The number of rotatable bonds is 4. The molecule has 0 saturated heterocycles. The van der Waals surface area contributed by atoms with Crippen LogP contribution in [0.2, 0.25) is 5.02 Å².